The lowest BCUT2D eigenvalue weighted by Crippen LogP contribution is -2.37. The van der Waals surface area contributed by atoms with E-state index in [0.29, 0.717) is 19.5 Å². The summed E-state index contributed by atoms with van der Waals surface area (Å²) < 4.78 is 13.8. The lowest BCUT2D eigenvalue weighted by molar-refractivity contribution is -0.389. The third-order valence-electron chi connectivity index (χ3n) is 4.15. The first-order valence-corrected chi connectivity index (χ1v) is 8.00. The fourth-order valence-corrected chi connectivity index (χ4v) is 2.81. The summed E-state index contributed by atoms with van der Waals surface area (Å²) in [6, 6.07) is 6.83. The zero-order chi connectivity index (χ0) is 18.7. The van der Waals surface area contributed by atoms with Crippen molar-refractivity contribution in [2.24, 2.45) is 0 Å². The van der Waals surface area contributed by atoms with Crippen LogP contribution in [0.3, 0.4) is 0 Å². The number of rotatable bonds is 3. The highest BCUT2D eigenvalue weighted by Crippen LogP contribution is 2.15. The smallest absolute Gasteiger partial charge is 0.343 e. The number of nitro groups is 1. The van der Waals surface area contributed by atoms with Crippen LogP contribution in [-0.4, -0.2) is 62.9 Å². The zero-order valence-electron chi connectivity index (χ0n) is 13.7. The Bertz CT molecular complexity index is 853. The van der Waals surface area contributed by atoms with Crippen LogP contribution in [0.25, 0.3) is 0 Å². The number of nitrogens with zero attached hydrogens (tertiary/aromatic N) is 4. The molecule has 3 rings (SSSR count). The Balaban J connectivity index is 1.68. The second-order valence-corrected chi connectivity index (χ2v) is 5.81. The fraction of sp³-hybridized carbons (Fsp3) is 0.312. The Morgan fingerprint density at radius 3 is 2.38 bits per heavy atom. The number of carbonyl (C=O) groups is 2. The van der Waals surface area contributed by atoms with Gasteiger partial charge in [-0.1, -0.05) is 17.2 Å². The molecule has 9 nitrogen and oxygen atoms in total. The van der Waals surface area contributed by atoms with Crippen LogP contribution in [0.1, 0.15) is 27.3 Å². The predicted octanol–water partition coefficient (Wildman–Crippen LogP) is 1.45. The monoisotopic (exact) mass is 361 g/mol. The van der Waals surface area contributed by atoms with E-state index in [-0.39, 0.29) is 30.2 Å². The third kappa shape index (κ3) is 3.53. The number of hydrogen-bond donors (Lipinski definition) is 1. The van der Waals surface area contributed by atoms with E-state index in [4.69, 9.17) is 0 Å². The highest BCUT2D eigenvalue weighted by atomic mass is 19.1. The standard InChI is InChI=1S/C16H16FN5O4/c17-12-5-2-1-4-11(12)15(23)20-6-3-7-21(9-8-20)16(24)13-10-14(19-18-13)22(25)26/h1-2,4-5,10H,3,6-9H2,(H,18,19). The molecule has 26 heavy (non-hydrogen) atoms. The molecule has 0 unspecified atom stereocenters. The Hall–Kier alpha value is -3.30. The normalized spacial score (nSPS) is 14.8. The largest absolute Gasteiger partial charge is 0.358 e. The number of aromatic amines is 1. The van der Waals surface area contributed by atoms with Gasteiger partial charge in [-0.2, -0.15) is 0 Å². The molecule has 0 atom stereocenters. The summed E-state index contributed by atoms with van der Waals surface area (Å²) >= 11 is 0. The van der Waals surface area contributed by atoms with E-state index in [1.54, 1.807) is 6.07 Å². The third-order valence-corrected chi connectivity index (χ3v) is 4.15. The van der Waals surface area contributed by atoms with Gasteiger partial charge < -0.3 is 19.9 Å². The van der Waals surface area contributed by atoms with Gasteiger partial charge in [0.05, 0.1) is 11.6 Å². The summed E-state index contributed by atoms with van der Waals surface area (Å²) in [5.41, 5.74) is -0.0548. The molecule has 0 saturated carbocycles. The molecule has 1 aromatic carbocycles. The highest BCUT2D eigenvalue weighted by molar-refractivity contribution is 5.95. The Kier molecular flexibility index (Phi) is 4.92. The molecule has 1 saturated heterocycles. The van der Waals surface area contributed by atoms with Crippen molar-refractivity contribution in [3.63, 3.8) is 0 Å². The number of halogens is 1. The fourth-order valence-electron chi connectivity index (χ4n) is 2.81. The van der Waals surface area contributed by atoms with Crippen molar-refractivity contribution >= 4 is 17.6 Å². The molecular weight excluding hydrogens is 345 g/mol. The molecule has 10 heteroatoms. The van der Waals surface area contributed by atoms with Gasteiger partial charge in [0.15, 0.2) is 5.69 Å². The van der Waals surface area contributed by atoms with Gasteiger partial charge in [0.1, 0.15) is 5.82 Å². The van der Waals surface area contributed by atoms with Gasteiger partial charge in [-0.25, -0.2) is 4.39 Å². The van der Waals surface area contributed by atoms with Crippen LogP contribution in [0.15, 0.2) is 30.3 Å². The van der Waals surface area contributed by atoms with Gasteiger partial charge in [-0.3, -0.25) is 9.59 Å². The minimum atomic E-state index is -0.666. The average molecular weight is 361 g/mol. The summed E-state index contributed by atoms with van der Waals surface area (Å²) in [5, 5.41) is 16.5. The molecule has 0 radical (unpaired) electrons. The summed E-state index contributed by atoms with van der Waals surface area (Å²) in [6.07, 6.45) is 0.512. The topological polar surface area (TPSA) is 112 Å². The maximum atomic E-state index is 13.8. The Labute approximate surface area is 147 Å². The molecule has 2 aromatic rings. The predicted molar refractivity (Wildman–Crippen MR) is 88.1 cm³/mol. The number of hydrogen-bond acceptors (Lipinski definition) is 5. The van der Waals surface area contributed by atoms with Crippen molar-refractivity contribution in [3.05, 3.63) is 57.5 Å². The Morgan fingerprint density at radius 2 is 1.77 bits per heavy atom. The van der Waals surface area contributed by atoms with E-state index >= 15 is 0 Å². The molecule has 136 valence electrons. The van der Waals surface area contributed by atoms with Gasteiger partial charge in [0.25, 0.3) is 11.8 Å². The van der Waals surface area contributed by atoms with E-state index in [0.717, 1.165) is 6.07 Å². The summed E-state index contributed by atoms with van der Waals surface area (Å²) in [7, 11) is 0. The molecule has 0 aliphatic carbocycles. The van der Waals surface area contributed by atoms with Crippen LogP contribution in [0.5, 0.6) is 0 Å². The second kappa shape index (κ2) is 7.30. The van der Waals surface area contributed by atoms with Crippen molar-refractivity contribution in [3.8, 4) is 0 Å². The van der Waals surface area contributed by atoms with Gasteiger partial charge >= 0.3 is 5.82 Å². The van der Waals surface area contributed by atoms with Crippen molar-refractivity contribution in [1.82, 2.24) is 20.0 Å². The summed E-state index contributed by atoms with van der Waals surface area (Å²) in [4.78, 5) is 37.9. The van der Waals surface area contributed by atoms with E-state index < -0.39 is 22.6 Å². The van der Waals surface area contributed by atoms with Crippen molar-refractivity contribution < 1.29 is 18.9 Å². The molecule has 1 aromatic heterocycles. The lowest BCUT2D eigenvalue weighted by Gasteiger charge is -2.21. The van der Waals surface area contributed by atoms with Crippen molar-refractivity contribution in [1.29, 1.82) is 0 Å². The van der Waals surface area contributed by atoms with Gasteiger partial charge in [-0.15, -0.1) is 5.10 Å². The SMILES string of the molecule is O=C(c1cc([N+](=O)[O-])[nH]n1)N1CCCN(C(=O)c2ccccc2F)CC1. The number of nitrogens with one attached hydrogen (secondary N) is 1. The average Bonchev–Trinajstić information content (AvgIpc) is 3.00. The number of amides is 2. The molecule has 0 spiro atoms. The molecule has 1 aliphatic rings. The van der Waals surface area contributed by atoms with Crippen LogP contribution >= 0.6 is 0 Å². The summed E-state index contributed by atoms with van der Waals surface area (Å²) in [5.74, 6) is -1.82. The number of aromatic nitrogens is 2. The van der Waals surface area contributed by atoms with E-state index in [9.17, 15) is 24.1 Å². The van der Waals surface area contributed by atoms with E-state index in [1.165, 1.54) is 28.0 Å². The van der Waals surface area contributed by atoms with Crippen LogP contribution in [0.2, 0.25) is 0 Å². The number of carbonyl (C=O) groups excluding carboxylic acids is 2. The van der Waals surface area contributed by atoms with Crippen LogP contribution in [-0.2, 0) is 0 Å². The molecule has 1 fully saturated rings. The van der Waals surface area contributed by atoms with Crippen molar-refractivity contribution in [2.45, 2.75) is 6.42 Å². The second-order valence-electron chi connectivity index (χ2n) is 5.81. The van der Waals surface area contributed by atoms with Crippen LogP contribution in [0, 0.1) is 15.9 Å². The number of H-pyrrole nitrogens is 1. The van der Waals surface area contributed by atoms with E-state index in [1.807, 2.05) is 0 Å². The first-order chi connectivity index (χ1) is 12.5. The Morgan fingerprint density at radius 1 is 1.12 bits per heavy atom. The van der Waals surface area contributed by atoms with Gasteiger partial charge in [-0.05, 0) is 23.5 Å². The van der Waals surface area contributed by atoms with Gasteiger partial charge in [0.2, 0.25) is 0 Å². The molecule has 2 heterocycles. The van der Waals surface area contributed by atoms with E-state index in [2.05, 4.69) is 10.2 Å². The molecule has 2 amide bonds. The maximum absolute atomic E-state index is 13.8. The molecule has 1 N–H and O–H groups in total. The highest BCUT2D eigenvalue weighted by Gasteiger charge is 2.27. The quantitative estimate of drug-likeness (QED) is 0.657. The minimum absolute atomic E-state index is 0.00444. The van der Waals surface area contributed by atoms with Crippen molar-refractivity contribution in [2.75, 3.05) is 26.2 Å². The summed E-state index contributed by atoms with van der Waals surface area (Å²) in [6.45, 7) is 1.24. The molecule has 0 bridgehead atoms. The zero-order valence-corrected chi connectivity index (χ0v) is 13.7. The lowest BCUT2D eigenvalue weighted by atomic mass is 10.2. The minimum Gasteiger partial charge on any atom is -0.358 e. The molecule has 1 aliphatic heterocycles. The van der Waals surface area contributed by atoms with Gasteiger partial charge in [0, 0.05) is 26.2 Å². The van der Waals surface area contributed by atoms with Crippen LogP contribution < -0.4 is 0 Å². The maximum Gasteiger partial charge on any atom is 0.343 e. The first-order valence-electron chi connectivity index (χ1n) is 8.00. The molecular formula is C16H16FN5O4. The van der Waals surface area contributed by atoms with Crippen LogP contribution in [0.4, 0.5) is 10.2 Å². The first kappa shape index (κ1) is 17.5. The number of benzene rings is 1.